The molecule has 0 spiro atoms. The highest BCUT2D eigenvalue weighted by atomic mass is 16.5. The van der Waals surface area contributed by atoms with E-state index in [0.717, 1.165) is 50.6 Å². The van der Waals surface area contributed by atoms with E-state index in [9.17, 15) is 4.79 Å². The third-order valence-corrected chi connectivity index (χ3v) is 3.85. The second-order valence-electron chi connectivity index (χ2n) is 5.20. The maximum atomic E-state index is 11.2. The van der Waals surface area contributed by atoms with Gasteiger partial charge in [0.15, 0.2) is 5.78 Å². The van der Waals surface area contributed by atoms with E-state index in [1.165, 1.54) is 0 Å². The van der Waals surface area contributed by atoms with Gasteiger partial charge in [-0.15, -0.1) is 0 Å². The fourth-order valence-electron chi connectivity index (χ4n) is 2.41. The van der Waals surface area contributed by atoms with E-state index >= 15 is 0 Å². The molecule has 0 saturated carbocycles. The summed E-state index contributed by atoms with van der Waals surface area (Å²) < 4.78 is 5.73. The van der Waals surface area contributed by atoms with E-state index in [2.05, 4.69) is 16.7 Å². The van der Waals surface area contributed by atoms with Crippen molar-refractivity contribution in [3.8, 4) is 5.75 Å². The van der Waals surface area contributed by atoms with Gasteiger partial charge in [-0.05, 0) is 37.7 Å². The SMILES string of the molecule is CCN1CCN(CCOc2ccc(C(C)=O)cc2)CC1. The smallest absolute Gasteiger partial charge is 0.159 e. The maximum Gasteiger partial charge on any atom is 0.159 e. The van der Waals surface area contributed by atoms with Gasteiger partial charge in [0.2, 0.25) is 0 Å². The highest BCUT2D eigenvalue weighted by Gasteiger charge is 2.14. The predicted octanol–water partition coefficient (Wildman–Crippen LogP) is 1.91. The predicted molar refractivity (Wildman–Crippen MR) is 80.5 cm³/mol. The molecule has 2 rings (SSSR count). The molecule has 0 atom stereocenters. The highest BCUT2D eigenvalue weighted by Crippen LogP contribution is 2.12. The number of benzene rings is 1. The molecule has 0 radical (unpaired) electrons. The fraction of sp³-hybridized carbons (Fsp3) is 0.562. The normalized spacial score (nSPS) is 17.1. The van der Waals surface area contributed by atoms with Crippen molar-refractivity contribution in [2.75, 3.05) is 45.9 Å². The van der Waals surface area contributed by atoms with Crippen molar-refractivity contribution in [3.05, 3.63) is 29.8 Å². The third kappa shape index (κ3) is 4.32. The van der Waals surface area contributed by atoms with Crippen LogP contribution in [0.5, 0.6) is 5.75 Å². The molecule has 4 nitrogen and oxygen atoms in total. The third-order valence-electron chi connectivity index (χ3n) is 3.85. The van der Waals surface area contributed by atoms with Crippen LogP contribution >= 0.6 is 0 Å². The van der Waals surface area contributed by atoms with E-state index in [1.807, 2.05) is 24.3 Å². The number of nitrogens with zero attached hydrogens (tertiary/aromatic N) is 2. The number of piperazine rings is 1. The van der Waals surface area contributed by atoms with Crippen LogP contribution in [-0.4, -0.2) is 61.5 Å². The van der Waals surface area contributed by atoms with Crippen LogP contribution in [0.3, 0.4) is 0 Å². The molecule has 1 aliphatic rings. The van der Waals surface area contributed by atoms with Crippen molar-refractivity contribution in [2.45, 2.75) is 13.8 Å². The van der Waals surface area contributed by atoms with E-state index in [-0.39, 0.29) is 5.78 Å². The minimum atomic E-state index is 0.0883. The Morgan fingerprint density at radius 3 is 2.25 bits per heavy atom. The lowest BCUT2D eigenvalue weighted by atomic mass is 10.1. The Hall–Kier alpha value is -1.39. The largest absolute Gasteiger partial charge is 0.492 e. The molecule has 1 saturated heterocycles. The molecule has 0 amide bonds. The summed E-state index contributed by atoms with van der Waals surface area (Å²) in [6, 6.07) is 7.37. The molecule has 0 aliphatic carbocycles. The molecule has 110 valence electrons. The number of likely N-dealkylation sites (N-methyl/N-ethyl adjacent to an activating group) is 1. The van der Waals surface area contributed by atoms with Crippen LogP contribution in [0, 0.1) is 0 Å². The Morgan fingerprint density at radius 1 is 1.10 bits per heavy atom. The molecule has 1 aliphatic heterocycles. The van der Waals surface area contributed by atoms with Crippen molar-refractivity contribution < 1.29 is 9.53 Å². The van der Waals surface area contributed by atoms with Gasteiger partial charge in [0.25, 0.3) is 0 Å². The van der Waals surface area contributed by atoms with Crippen molar-refractivity contribution in [2.24, 2.45) is 0 Å². The van der Waals surface area contributed by atoms with Crippen LogP contribution in [0.25, 0.3) is 0 Å². The van der Waals surface area contributed by atoms with E-state index in [1.54, 1.807) is 6.92 Å². The van der Waals surface area contributed by atoms with Crippen LogP contribution in [0.1, 0.15) is 24.2 Å². The Morgan fingerprint density at radius 2 is 1.70 bits per heavy atom. The summed E-state index contributed by atoms with van der Waals surface area (Å²) in [6.07, 6.45) is 0. The summed E-state index contributed by atoms with van der Waals surface area (Å²) in [4.78, 5) is 16.1. The first-order valence-corrected chi connectivity index (χ1v) is 7.37. The number of hydrogen-bond donors (Lipinski definition) is 0. The zero-order valence-electron chi connectivity index (χ0n) is 12.5. The quantitative estimate of drug-likeness (QED) is 0.743. The summed E-state index contributed by atoms with van der Waals surface area (Å²) in [7, 11) is 0. The molecule has 1 fully saturated rings. The number of hydrogen-bond acceptors (Lipinski definition) is 4. The highest BCUT2D eigenvalue weighted by molar-refractivity contribution is 5.94. The van der Waals surface area contributed by atoms with E-state index in [4.69, 9.17) is 4.74 Å². The topological polar surface area (TPSA) is 32.8 Å². The second kappa shape index (κ2) is 7.41. The summed E-state index contributed by atoms with van der Waals surface area (Å²) in [5, 5.41) is 0. The first-order chi connectivity index (χ1) is 9.69. The molecule has 4 heteroatoms. The van der Waals surface area contributed by atoms with Gasteiger partial charge in [0.05, 0.1) is 0 Å². The summed E-state index contributed by atoms with van der Waals surface area (Å²) in [6.45, 7) is 11.2. The van der Waals surface area contributed by atoms with Gasteiger partial charge in [-0.3, -0.25) is 9.69 Å². The van der Waals surface area contributed by atoms with Gasteiger partial charge in [0, 0.05) is 38.3 Å². The zero-order valence-corrected chi connectivity index (χ0v) is 12.5. The molecule has 20 heavy (non-hydrogen) atoms. The number of carbonyl (C=O) groups excluding carboxylic acids is 1. The molecule has 0 aromatic heterocycles. The minimum absolute atomic E-state index is 0.0883. The Balaban J connectivity index is 1.69. The van der Waals surface area contributed by atoms with E-state index in [0.29, 0.717) is 6.61 Å². The van der Waals surface area contributed by atoms with Crippen LogP contribution in [0.2, 0.25) is 0 Å². The monoisotopic (exact) mass is 276 g/mol. The molecule has 0 bridgehead atoms. The van der Waals surface area contributed by atoms with Gasteiger partial charge in [0.1, 0.15) is 12.4 Å². The summed E-state index contributed by atoms with van der Waals surface area (Å²) in [5.41, 5.74) is 0.730. The maximum absolute atomic E-state index is 11.2. The number of ketones is 1. The second-order valence-corrected chi connectivity index (χ2v) is 5.20. The standard InChI is InChI=1S/C16H24N2O2/c1-3-17-8-10-18(11-9-17)12-13-20-16-6-4-15(5-7-16)14(2)19/h4-7H,3,8-13H2,1-2H3. The van der Waals surface area contributed by atoms with Crippen LogP contribution < -0.4 is 4.74 Å². The molecule has 1 aromatic carbocycles. The minimum Gasteiger partial charge on any atom is -0.492 e. The lowest BCUT2D eigenvalue weighted by molar-refractivity contribution is 0.101. The Bertz CT molecular complexity index is 423. The van der Waals surface area contributed by atoms with Crippen LogP contribution in [0.15, 0.2) is 24.3 Å². The van der Waals surface area contributed by atoms with Crippen molar-refractivity contribution in [1.29, 1.82) is 0 Å². The molecular weight excluding hydrogens is 252 g/mol. The molecule has 1 heterocycles. The van der Waals surface area contributed by atoms with Gasteiger partial charge in [-0.2, -0.15) is 0 Å². The lowest BCUT2D eigenvalue weighted by Gasteiger charge is -2.33. The van der Waals surface area contributed by atoms with Gasteiger partial charge < -0.3 is 9.64 Å². The lowest BCUT2D eigenvalue weighted by Crippen LogP contribution is -2.47. The van der Waals surface area contributed by atoms with Crippen molar-refractivity contribution in [3.63, 3.8) is 0 Å². The first-order valence-electron chi connectivity index (χ1n) is 7.37. The summed E-state index contributed by atoms with van der Waals surface area (Å²) >= 11 is 0. The number of carbonyl (C=O) groups is 1. The number of rotatable bonds is 6. The first kappa shape index (κ1) is 15.0. The van der Waals surface area contributed by atoms with Gasteiger partial charge in [-0.1, -0.05) is 6.92 Å². The number of ether oxygens (including phenoxy) is 1. The van der Waals surface area contributed by atoms with Crippen molar-refractivity contribution in [1.82, 2.24) is 9.80 Å². The average Bonchev–Trinajstić information content (AvgIpc) is 2.48. The summed E-state index contributed by atoms with van der Waals surface area (Å²) in [5.74, 6) is 0.924. The zero-order chi connectivity index (χ0) is 14.4. The van der Waals surface area contributed by atoms with Crippen LogP contribution in [0.4, 0.5) is 0 Å². The van der Waals surface area contributed by atoms with E-state index < -0.39 is 0 Å². The molecular formula is C16H24N2O2. The van der Waals surface area contributed by atoms with Crippen molar-refractivity contribution >= 4 is 5.78 Å². The Labute approximate surface area is 121 Å². The van der Waals surface area contributed by atoms with Crippen LogP contribution in [-0.2, 0) is 0 Å². The fourth-order valence-corrected chi connectivity index (χ4v) is 2.41. The number of Topliss-reactive ketones (excluding diaryl/α,β-unsaturated/α-hetero) is 1. The molecule has 0 N–H and O–H groups in total. The van der Waals surface area contributed by atoms with Gasteiger partial charge >= 0.3 is 0 Å². The molecule has 1 aromatic rings. The average molecular weight is 276 g/mol. The van der Waals surface area contributed by atoms with Gasteiger partial charge in [-0.25, -0.2) is 0 Å². The molecule has 0 unspecified atom stereocenters. The Kier molecular flexibility index (Phi) is 5.56.